The summed E-state index contributed by atoms with van der Waals surface area (Å²) < 4.78 is 13.8. The first kappa shape index (κ1) is 18.2. The van der Waals surface area contributed by atoms with E-state index in [4.69, 9.17) is 28.9 Å². The summed E-state index contributed by atoms with van der Waals surface area (Å²) in [7, 11) is 0. The highest BCUT2D eigenvalue weighted by Gasteiger charge is 2.24. The van der Waals surface area contributed by atoms with E-state index in [2.05, 4.69) is 0 Å². The van der Waals surface area contributed by atoms with E-state index in [1.54, 1.807) is 0 Å². The summed E-state index contributed by atoms with van der Waals surface area (Å²) in [6.07, 6.45) is -0.646. The Balaban J connectivity index is 0.00000220. The first-order valence-corrected chi connectivity index (χ1v) is 6.87. The van der Waals surface area contributed by atoms with Crippen LogP contribution in [-0.2, 0) is 6.42 Å². The number of rotatable bonds is 4. The molecule has 21 heavy (non-hydrogen) atoms. The fraction of sp³-hybridized carbons (Fsp3) is 0.200. The van der Waals surface area contributed by atoms with Crippen LogP contribution in [0.1, 0.15) is 17.2 Å². The fourth-order valence-electron chi connectivity index (χ4n) is 2.02. The van der Waals surface area contributed by atoms with E-state index in [0.29, 0.717) is 6.42 Å². The van der Waals surface area contributed by atoms with Crippen LogP contribution in [0.5, 0.6) is 0 Å². The summed E-state index contributed by atoms with van der Waals surface area (Å²) in [5.74, 6) is -0.570. The normalized spacial score (nSPS) is 13.4. The van der Waals surface area contributed by atoms with Gasteiger partial charge in [0.25, 0.3) is 0 Å². The highest BCUT2D eigenvalue weighted by molar-refractivity contribution is 6.42. The number of hydrogen-bond donors (Lipinski definition) is 2. The van der Waals surface area contributed by atoms with E-state index in [1.807, 2.05) is 30.3 Å². The molecule has 0 heterocycles. The van der Waals surface area contributed by atoms with Crippen LogP contribution in [0.25, 0.3) is 0 Å². The molecule has 0 bridgehead atoms. The molecule has 0 aliphatic heterocycles. The first-order chi connectivity index (χ1) is 9.50. The van der Waals surface area contributed by atoms with Gasteiger partial charge in [0, 0.05) is 12.0 Å². The van der Waals surface area contributed by atoms with Crippen molar-refractivity contribution >= 4 is 35.6 Å². The Morgan fingerprint density at radius 1 is 1.10 bits per heavy atom. The summed E-state index contributed by atoms with van der Waals surface area (Å²) in [4.78, 5) is 0. The maximum atomic E-state index is 13.8. The monoisotopic (exact) mass is 349 g/mol. The molecule has 2 atom stereocenters. The van der Waals surface area contributed by atoms with Gasteiger partial charge < -0.3 is 10.8 Å². The predicted octanol–water partition coefficient (Wildman–Crippen LogP) is 4.16. The summed E-state index contributed by atoms with van der Waals surface area (Å²) >= 11 is 11.8. The minimum atomic E-state index is -0.956. The van der Waals surface area contributed by atoms with Crippen LogP contribution < -0.4 is 5.73 Å². The van der Waals surface area contributed by atoms with Crippen LogP contribution in [0, 0.1) is 5.82 Å². The van der Waals surface area contributed by atoms with E-state index in [-0.39, 0.29) is 28.0 Å². The maximum Gasteiger partial charge on any atom is 0.129 e. The SMILES string of the molecule is Cl.N[C@@H](c1c(F)ccc(Cl)c1Cl)[C@H](O)Cc1ccccc1. The molecule has 3 N–H and O–H groups in total. The Hall–Kier alpha value is -0.840. The molecule has 0 saturated carbocycles. The third-order valence-corrected chi connectivity index (χ3v) is 3.93. The Bertz CT molecular complexity index is 595. The zero-order valence-corrected chi connectivity index (χ0v) is 13.3. The van der Waals surface area contributed by atoms with Gasteiger partial charge in [-0.15, -0.1) is 12.4 Å². The minimum Gasteiger partial charge on any atom is -0.391 e. The molecule has 2 aromatic carbocycles. The van der Waals surface area contributed by atoms with Gasteiger partial charge in [-0.05, 0) is 17.7 Å². The van der Waals surface area contributed by atoms with Crippen molar-refractivity contribution in [3.63, 3.8) is 0 Å². The molecule has 114 valence electrons. The number of hydrogen-bond acceptors (Lipinski definition) is 2. The van der Waals surface area contributed by atoms with Crippen LogP contribution in [0.3, 0.4) is 0 Å². The number of aliphatic hydroxyl groups is 1. The lowest BCUT2D eigenvalue weighted by molar-refractivity contribution is 0.143. The molecule has 0 spiro atoms. The van der Waals surface area contributed by atoms with Crippen molar-refractivity contribution in [1.82, 2.24) is 0 Å². The quantitative estimate of drug-likeness (QED) is 0.813. The van der Waals surface area contributed by atoms with Crippen LogP contribution in [-0.4, -0.2) is 11.2 Å². The van der Waals surface area contributed by atoms with Crippen LogP contribution in [0.15, 0.2) is 42.5 Å². The van der Waals surface area contributed by atoms with E-state index in [9.17, 15) is 9.50 Å². The lowest BCUT2D eigenvalue weighted by Gasteiger charge is -2.21. The average molecular weight is 351 g/mol. The number of halogens is 4. The van der Waals surface area contributed by atoms with Gasteiger partial charge in [0.1, 0.15) is 5.82 Å². The zero-order valence-electron chi connectivity index (χ0n) is 11.0. The third kappa shape index (κ3) is 4.31. The Morgan fingerprint density at radius 3 is 2.33 bits per heavy atom. The Kier molecular flexibility index (Phi) is 6.91. The minimum absolute atomic E-state index is 0. The number of nitrogens with two attached hydrogens (primary N) is 1. The van der Waals surface area contributed by atoms with Crippen molar-refractivity contribution in [3.05, 3.63) is 69.5 Å². The highest BCUT2D eigenvalue weighted by atomic mass is 35.5. The van der Waals surface area contributed by atoms with Gasteiger partial charge in [0.2, 0.25) is 0 Å². The lowest BCUT2D eigenvalue weighted by Crippen LogP contribution is -2.29. The molecule has 0 fully saturated rings. The fourth-order valence-corrected chi connectivity index (χ4v) is 2.47. The van der Waals surface area contributed by atoms with Crippen LogP contribution in [0.4, 0.5) is 4.39 Å². The van der Waals surface area contributed by atoms with Crippen LogP contribution in [0.2, 0.25) is 10.0 Å². The topological polar surface area (TPSA) is 46.2 Å². The van der Waals surface area contributed by atoms with Gasteiger partial charge in [0.05, 0.1) is 22.2 Å². The molecule has 2 nitrogen and oxygen atoms in total. The molecule has 0 aliphatic rings. The molecule has 6 heteroatoms. The molecule has 0 amide bonds. The van der Waals surface area contributed by atoms with Crippen molar-refractivity contribution < 1.29 is 9.50 Å². The van der Waals surface area contributed by atoms with E-state index in [0.717, 1.165) is 5.56 Å². The van der Waals surface area contributed by atoms with Gasteiger partial charge >= 0.3 is 0 Å². The van der Waals surface area contributed by atoms with Crippen LogP contribution >= 0.6 is 35.6 Å². The molecule has 0 aromatic heterocycles. The molecule has 0 unspecified atom stereocenters. The molecule has 2 rings (SSSR count). The second-order valence-corrected chi connectivity index (χ2v) is 5.32. The van der Waals surface area contributed by atoms with Crippen molar-refractivity contribution in [2.45, 2.75) is 18.6 Å². The summed E-state index contributed by atoms with van der Waals surface area (Å²) in [5, 5.41) is 10.4. The molecule has 0 radical (unpaired) electrons. The maximum absolute atomic E-state index is 13.8. The largest absolute Gasteiger partial charge is 0.391 e. The molecular formula is C15H15Cl3FNO. The van der Waals surface area contributed by atoms with Gasteiger partial charge in [0.15, 0.2) is 0 Å². The van der Waals surface area contributed by atoms with Crippen molar-refractivity contribution in [3.8, 4) is 0 Å². The molecule has 0 saturated heterocycles. The first-order valence-electron chi connectivity index (χ1n) is 6.11. The average Bonchev–Trinajstić information content (AvgIpc) is 2.44. The van der Waals surface area contributed by atoms with Crippen molar-refractivity contribution in [2.75, 3.05) is 0 Å². The summed E-state index contributed by atoms with van der Waals surface area (Å²) in [5.41, 5.74) is 6.88. The molecule has 2 aromatic rings. The smallest absolute Gasteiger partial charge is 0.129 e. The van der Waals surface area contributed by atoms with Gasteiger partial charge in [-0.2, -0.15) is 0 Å². The molecular weight excluding hydrogens is 336 g/mol. The molecule has 0 aliphatic carbocycles. The van der Waals surface area contributed by atoms with E-state index >= 15 is 0 Å². The second kappa shape index (κ2) is 7.97. The van der Waals surface area contributed by atoms with Gasteiger partial charge in [-0.1, -0.05) is 53.5 Å². The Labute approximate surface area is 139 Å². The lowest BCUT2D eigenvalue weighted by atomic mass is 9.96. The zero-order chi connectivity index (χ0) is 14.7. The number of benzene rings is 2. The second-order valence-electron chi connectivity index (χ2n) is 4.54. The summed E-state index contributed by atoms with van der Waals surface area (Å²) in [6.45, 7) is 0. The third-order valence-electron chi connectivity index (χ3n) is 3.11. The van der Waals surface area contributed by atoms with E-state index in [1.165, 1.54) is 12.1 Å². The van der Waals surface area contributed by atoms with Gasteiger partial charge in [-0.3, -0.25) is 0 Å². The highest BCUT2D eigenvalue weighted by Crippen LogP contribution is 2.33. The Morgan fingerprint density at radius 2 is 1.71 bits per heavy atom. The van der Waals surface area contributed by atoms with E-state index < -0.39 is 18.0 Å². The van der Waals surface area contributed by atoms with Crippen molar-refractivity contribution in [2.24, 2.45) is 5.73 Å². The number of aliphatic hydroxyl groups excluding tert-OH is 1. The standard InChI is InChI=1S/C15H14Cl2FNO.ClH/c16-10-6-7-11(18)13(14(10)17)15(19)12(20)8-9-4-2-1-3-5-9;/h1-7,12,15,20H,8,19H2;1H/t12-,15-;/m1./s1. The van der Waals surface area contributed by atoms with Gasteiger partial charge in [-0.25, -0.2) is 4.39 Å². The predicted molar refractivity (Wildman–Crippen MR) is 86.7 cm³/mol. The summed E-state index contributed by atoms with van der Waals surface area (Å²) in [6, 6.07) is 10.9. The van der Waals surface area contributed by atoms with Crippen molar-refractivity contribution in [1.29, 1.82) is 0 Å².